The van der Waals surface area contributed by atoms with Gasteiger partial charge >= 0.3 is 0 Å². The highest BCUT2D eigenvalue weighted by atomic mass is 16.7. The Labute approximate surface area is 173 Å². The molecule has 30 heavy (non-hydrogen) atoms. The Morgan fingerprint density at radius 1 is 0.967 bits per heavy atom. The Morgan fingerprint density at radius 3 is 2.60 bits per heavy atom. The van der Waals surface area contributed by atoms with Gasteiger partial charge < -0.3 is 24.5 Å². The van der Waals surface area contributed by atoms with E-state index in [0.717, 1.165) is 5.56 Å². The highest BCUT2D eigenvalue weighted by Crippen LogP contribution is 2.33. The fraction of sp³-hybridized carbons (Fsp3) is 0.130. The van der Waals surface area contributed by atoms with Crippen molar-refractivity contribution in [2.75, 3.05) is 13.3 Å². The van der Waals surface area contributed by atoms with Crippen molar-refractivity contribution in [1.29, 1.82) is 0 Å². The first kappa shape index (κ1) is 19.3. The van der Waals surface area contributed by atoms with E-state index >= 15 is 0 Å². The molecule has 2 heterocycles. The molecule has 0 saturated heterocycles. The lowest BCUT2D eigenvalue weighted by atomic mass is 10.1. The summed E-state index contributed by atoms with van der Waals surface area (Å²) < 4.78 is 15.8. The molecule has 0 saturated carbocycles. The number of hydrogen-bond acceptors (Lipinski definition) is 5. The molecule has 3 aromatic rings. The molecule has 2 amide bonds. The molecule has 2 N–H and O–H groups in total. The fourth-order valence-corrected chi connectivity index (χ4v) is 2.98. The summed E-state index contributed by atoms with van der Waals surface area (Å²) in [6.07, 6.45) is 3.66. The first-order valence-corrected chi connectivity index (χ1v) is 9.47. The van der Waals surface area contributed by atoms with Crippen LogP contribution in [-0.2, 0) is 11.2 Å². The van der Waals surface area contributed by atoms with E-state index in [1.54, 1.807) is 30.3 Å². The lowest BCUT2D eigenvalue weighted by Crippen LogP contribution is -2.35. The molecule has 152 valence electrons. The van der Waals surface area contributed by atoms with Gasteiger partial charge in [-0.05, 0) is 47.9 Å². The maximum atomic E-state index is 12.8. The molecule has 0 unspecified atom stereocenters. The van der Waals surface area contributed by atoms with Crippen molar-refractivity contribution in [3.05, 3.63) is 89.5 Å². The molecule has 1 aliphatic rings. The van der Waals surface area contributed by atoms with Crippen LogP contribution in [0.2, 0.25) is 0 Å². The molecule has 0 bridgehead atoms. The first-order chi connectivity index (χ1) is 14.7. The zero-order chi connectivity index (χ0) is 20.8. The number of benzene rings is 2. The molecular weight excluding hydrogens is 384 g/mol. The van der Waals surface area contributed by atoms with Crippen LogP contribution >= 0.6 is 0 Å². The molecule has 0 spiro atoms. The number of hydrogen-bond donors (Lipinski definition) is 2. The molecule has 4 rings (SSSR count). The lowest BCUT2D eigenvalue weighted by molar-refractivity contribution is -0.117. The zero-order valence-corrected chi connectivity index (χ0v) is 16.1. The van der Waals surface area contributed by atoms with E-state index in [2.05, 4.69) is 10.6 Å². The normalized spacial score (nSPS) is 12.5. The van der Waals surface area contributed by atoms with E-state index in [9.17, 15) is 9.59 Å². The Hall–Kier alpha value is -4.00. The van der Waals surface area contributed by atoms with Crippen molar-refractivity contribution in [1.82, 2.24) is 10.6 Å². The van der Waals surface area contributed by atoms with Crippen LogP contribution in [0.4, 0.5) is 0 Å². The first-order valence-electron chi connectivity index (χ1n) is 9.47. The van der Waals surface area contributed by atoms with Crippen molar-refractivity contribution in [2.45, 2.75) is 6.42 Å². The van der Waals surface area contributed by atoms with Gasteiger partial charge in [0, 0.05) is 6.54 Å². The van der Waals surface area contributed by atoms with E-state index in [0.29, 0.717) is 30.0 Å². The van der Waals surface area contributed by atoms with Crippen LogP contribution < -0.4 is 20.1 Å². The number of carbonyl (C=O) groups excluding carboxylic acids is 2. The van der Waals surface area contributed by atoms with Gasteiger partial charge in [0.05, 0.1) is 6.26 Å². The second-order valence-electron chi connectivity index (χ2n) is 6.59. The molecule has 0 radical (unpaired) electrons. The third-order valence-corrected chi connectivity index (χ3v) is 4.49. The van der Waals surface area contributed by atoms with Gasteiger partial charge in [0.25, 0.3) is 11.8 Å². The van der Waals surface area contributed by atoms with E-state index in [1.807, 2.05) is 30.3 Å². The maximum absolute atomic E-state index is 12.8. The minimum atomic E-state index is -0.509. The zero-order valence-electron chi connectivity index (χ0n) is 16.1. The van der Waals surface area contributed by atoms with Gasteiger partial charge in [-0.3, -0.25) is 9.59 Å². The number of fused-ring (bicyclic) bond motifs is 1. The van der Waals surface area contributed by atoms with Gasteiger partial charge in [-0.1, -0.05) is 36.4 Å². The molecule has 1 aromatic heterocycles. The van der Waals surface area contributed by atoms with Gasteiger partial charge in [-0.15, -0.1) is 0 Å². The monoisotopic (exact) mass is 404 g/mol. The average Bonchev–Trinajstić information content (AvgIpc) is 3.45. The Balaban J connectivity index is 1.50. The summed E-state index contributed by atoms with van der Waals surface area (Å²) in [6, 6.07) is 18.3. The molecule has 0 atom stereocenters. The second kappa shape index (κ2) is 9.00. The summed E-state index contributed by atoms with van der Waals surface area (Å²) in [5, 5.41) is 5.47. The number of amides is 2. The van der Waals surface area contributed by atoms with E-state index in [1.165, 1.54) is 12.3 Å². The van der Waals surface area contributed by atoms with Crippen molar-refractivity contribution in [2.24, 2.45) is 0 Å². The largest absolute Gasteiger partial charge is 0.459 e. The van der Waals surface area contributed by atoms with Crippen LogP contribution in [0.1, 0.15) is 21.7 Å². The molecular formula is C23H20N2O5. The summed E-state index contributed by atoms with van der Waals surface area (Å²) in [6.45, 7) is 0.586. The summed E-state index contributed by atoms with van der Waals surface area (Å²) >= 11 is 0. The highest BCUT2D eigenvalue weighted by molar-refractivity contribution is 6.04. The van der Waals surface area contributed by atoms with E-state index in [-0.39, 0.29) is 18.3 Å². The van der Waals surface area contributed by atoms with E-state index in [4.69, 9.17) is 13.9 Å². The van der Waals surface area contributed by atoms with Crippen LogP contribution in [0.25, 0.3) is 6.08 Å². The smallest absolute Gasteiger partial charge is 0.291 e. The molecule has 7 nitrogen and oxygen atoms in total. The molecule has 1 aliphatic heterocycles. The minimum absolute atomic E-state index is 0.100. The highest BCUT2D eigenvalue weighted by Gasteiger charge is 2.18. The summed E-state index contributed by atoms with van der Waals surface area (Å²) in [5.41, 5.74) is 1.90. The van der Waals surface area contributed by atoms with Crippen molar-refractivity contribution < 1.29 is 23.5 Å². The van der Waals surface area contributed by atoms with Crippen LogP contribution in [0.3, 0.4) is 0 Å². The van der Waals surface area contributed by atoms with E-state index < -0.39 is 11.8 Å². The number of ether oxygens (including phenoxy) is 2. The topological polar surface area (TPSA) is 89.8 Å². The number of rotatable bonds is 7. The summed E-state index contributed by atoms with van der Waals surface area (Å²) in [4.78, 5) is 25.2. The Kier molecular flexibility index (Phi) is 5.80. The van der Waals surface area contributed by atoms with Crippen molar-refractivity contribution in [3.63, 3.8) is 0 Å². The third kappa shape index (κ3) is 4.70. The fourth-order valence-electron chi connectivity index (χ4n) is 2.98. The molecule has 0 aliphatic carbocycles. The van der Waals surface area contributed by atoms with Crippen LogP contribution in [0, 0.1) is 0 Å². The van der Waals surface area contributed by atoms with Gasteiger partial charge in [-0.2, -0.15) is 0 Å². The quantitative estimate of drug-likeness (QED) is 0.591. The Bertz CT molecular complexity index is 1060. The predicted molar refractivity (Wildman–Crippen MR) is 110 cm³/mol. The Morgan fingerprint density at radius 2 is 1.80 bits per heavy atom. The van der Waals surface area contributed by atoms with Crippen LogP contribution in [0.15, 0.2) is 77.0 Å². The number of furan rings is 1. The standard InChI is InChI=1S/C23H20N2O5/c26-22(24-11-10-16-5-2-1-3-6-16)18(25-23(27)20-7-4-12-28-20)13-17-8-9-19-21(14-17)30-15-29-19/h1-9,12-14H,10-11,15H2,(H,24,26)(H,25,27)/b18-13-. The van der Waals surface area contributed by atoms with Crippen molar-refractivity contribution in [3.8, 4) is 11.5 Å². The van der Waals surface area contributed by atoms with Crippen molar-refractivity contribution >= 4 is 17.9 Å². The van der Waals surface area contributed by atoms with Gasteiger partial charge in [0.15, 0.2) is 17.3 Å². The number of carbonyl (C=O) groups is 2. The third-order valence-electron chi connectivity index (χ3n) is 4.49. The van der Waals surface area contributed by atoms with Gasteiger partial charge in [0.1, 0.15) is 5.70 Å². The lowest BCUT2D eigenvalue weighted by Gasteiger charge is -2.11. The van der Waals surface area contributed by atoms with Gasteiger partial charge in [-0.25, -0.2) is 0 Å². The second-order valence-corrected chi connectivity index (χ2v) is 6.59. The van der Waals surface area contributed by atoms with Crippen LogP contribution in [-0.4, -0.2) is 25.2 Å². The minimum Gasteiger partial charge on any atom is -0.459 e. The summed E-state index contributed by atoms with van der Waals surface area (Å²) in [7, 11) is 0. The average molecular weight is 404 g/mol. The number of nitrogens with one attached hydrogen (secondary N) is 2. The predicted octanol–water partition coefficient (Wildman–Crippen LogP) is 3.14. The summed E-state index contributed by atoms with van der Waals surface area (Å²) in [5.74, 6) is 0.433. The molecule has 0 fully saturated rings. The SMILES string of the molecule is O=C(NCCc1ccccc1)/C(=C/c1ccc2c(c1)OCO2)NC(=O)c1ccco1. The van der Waals surface area contributed by atoms with Crippen LogP contribution in [0.5, 0.6) is 11.5 Å². The van der Waals surface area contributed by atoms with Gasteiger partial charge in [0.2, 0.25) is 6.79 Å². The molecule has 7 heteroatoms. The maximum Gasteiger partial charge on any atom is 0.291 e. The molecule has 2 aromatic carbocycles.